The van der Waals surface area contributed by atoms with Gasteiger partial charge in [0.1, 0.15) is 0 Å². The third-order valence-corrected chi connectivity index (χ3v) is 3.74. The molecular formula is C19H23BN2. The molecule has 112 valence electrons. The summed E-state index contributed by atoms with van der Waals surface area (Å²) in [5.41, 5.74) is 3.95. The van der Waals surface area contributed by atoms with Gasteiger partial charge in [0.2, 0.25) is 6.71 Å². The number of aromatic nitrogens is 2. The molecule has 0 unspecified atom stereocenters. The largest absolute Gasteiger partial charge is 0.348 e. The Bertz CT molecular complexity index is 594. The smallest absolute Gasteiger partial charge is 0.206 e. The molecule has 3 heteroatoms. The van der Waals surface area contributed by atoms with Crippen molar-refractivity contribution < 1.29 is 0 Å². The maximum absolute atomic E-state index is 3.89. The van der Waals surface area contributed by atoms with Crippen LogP contribution >= 0.6 is 0 Å². The van der Waals surface area contributed by atoms with Crippen LogP contribution in [-0.2, 0) is 0 Å². The van der Waals surface area contributed by atoms with E-state index in [0.29, 0.717) is 12.6 Å². The minimum Gasteiger partial charge on any atom is -0.348 e. The molecule has 22 heavy (non-hydrogen) atoms. The lowest BCUT2D eigenvalue weighted by atomic mass is 9.43. The second kappa shape index (κ2) is 8.23. The number of aromatic amines is 1. The fraction of sp³-hybridized carbons (Fsp3) is 0.211. The molecule has 1 N–H and O–H groups in total. The summed E-state index contributed by atoms with van der Waals surface area (Å²) in [6.45, 7) is 6.99. The second-order valence-corrected chi connectivity index (χ2v) is 5.70. The standard InChI is InChI=1S/C13H13B.C6H10N2/c1-14(12-8-4-2-5-9-12)13-10-6-3-7-11-13;1-5(2)6-3-7-4-8-6/h2-11H,1H3;3-5H,1-2H3,(H,7,8). The van der Waals surface area contributed by atoms with E-state index in [1.54, 1.807) is 6.33 Å². The number of imidazole rings is 1. The normalized spacial score (nSPS) is 10.0. The lowest BCUT2D eigenvalue weighted by Gasteiger charge is -2.08. The number of hydrogen-bond acceptors (Lipinski definition) is 1. The van der Waals surface area contributed by atoms with Crippen LogP contribution in [0.25, 0.3) is 0 Å². The quantitative estimate of drug-likeness (QED) is 0.735. The van der Waals surface area contributed by atoms with Gasteiger partial charge in [0.05, 0.1) is 6.33 Å². The van der Waals surface area contributed by atoms with Crippen LogP contribution in [0.4, 0.5) is 0 Å². The van der Waals surface area contributed by atoms with E-state index in [0.717, 1.165) is 0 Å². The number of benzene rings is 2. The topological polar surface area (TPSA) is 28.7 Å². The highest BCUT2D eigenvalue weighted by atomic mass is 14.9. The average molecular weight is 290 g/mol. The number of nitrogens with one attached hydrogen (secondary N) is 1. The predicted octanol–water partition coefficient (Wildman–Crippen LogP) is 3.46. The number of hydrogen-bond donors (Lipinski definition) is 1. The van der Waals surface area contributed by atoms with Gasteiger partial charge in [-0.2, -0.15) is 0 Å². The molecule has 0 spiro atoms. The molecule has 3 rings (SSSR count). The number of rotatable bonds is 3. The molecule has 0 saturated carbocycles. The molecule has 0 saturated heterocycles. The zero-order valence-corrected chi connectivity index (χ0v) is 13.5. The SMILES string of the molecule is CB(c1ccccc1)c1ccccc1.CC(C)c1cnc[nH]1. The maximum atomic E-state index is 3.89. The van der Waals surface area contributed by atoms with Crippen molar-refractivity contribution in [3.8, 4) is 0 Å². The third-order valence-electron chi connectivity index (χ3n) is 3.74. The van der Waals surface area contributed by atoms with Gasteiger partial charge in [-0.1, -0.05) is 92.3 Å². The Balaban J connectivity index is 0.000000188. The molecule has 1 aromatic heterocycles. The molecule has 3 aromatic rings. The van der Waals surface area contributed by atoms with Gasteiger partial charge < -0.3 is 4.98 Å². The van der Waals surface area contributed by atoms with Gasteiger partial charge in [0.25, 0.3) is 0 Å². The van der Waals surface area contributed by atoms with Crippen molar-refractivity contribution in [3.05, 3.63) is 78.9 Å². The summed E-state index contributed by atoms with van der Waals surface area (Å²) in [6, 6.07) is 21.2. The highest BCUT2D eigenvalue weighted by Gasteiger charge is 2.10. The monoisotopic (exact) mass is 290 g/mol. The minimum atomic E-state index is 0.484. The molecule has 0 aliphatic carbocycles. The molecule has 0 radical (unpaired) electrons. The Morgan fingerprint density at radius 2 is 1.36 bits per heavy atom. The molecule has 0 bridgehead atoms. The fourth-order valence-electron chi connectivity index (χ4n) is 2.26. The second-order valence-electron chi connectivity index (χ2n) is 5.70. The first kappa shape index (κ1) is 16.1. The van der Waals surface area contributed by atoms with Crippen molar-refractivity contribution in [2.24, 2.45) is 0 Å². The first-order chi connectivity index (χ1) is 10.7. The first-order valence-electron chi connectivity index (χ1n) is 7.76. The van der Waals surface area contributed by atoms with Crippen LogP contribution in [0.15, 0.2) is 73.2 Å². The van der Waals surface area contributed by atoms with E-state index in [1.165, 1.54) is 16.6 Å². The fourth-order valence-corrected chi connectivity index (χ4v) is 2.26. The highest BCUT2D eigenvalue weighted by Crippen LogP contribution is 2.07. The van der Waals surface area contributed by atoms with Gasteiger partial charge in [0.15, 0.2) is 0 Å². The molecular weight excluding hydrogens is 267 g/mol. The minimum absolute atomic E-state index is 0.484. The third kappa shape index (κ3) is 4.62. The number of nitrogens with zero attached hydrogens (tertiary/aromatic N) is 1. The lowest BCUT2D eigenvalue weighted by Crippen LogP contribution is -2.38. The Morgan fingerprint density at radius 3 is 1.68 bits per heavy atom. The van der Waals surface area contributed by atoms with Crippen LogP contribution in [0.2, 0.25) is 6.82 Å². The Hall–Kier alpha value is -2.29. The van der Waals surface area contributed by atoms with Gasteiger partial charge in [-0.25, -0.2) is 4.98 Å². The van der Waals surface area contributed by atoms with E-state index in [2.05, 4.69) is 91.3 Å². The van der Waals surface area contributed by atoms with Crippen molar-refractivity contribution in [1.29, 1.82) is 0 Å². The van der Waals surface area contributed by atoms with Crippen molar-refractivity contribution in [1.82, 2.24) is 9.97 Å². The van der Waals surface area contributed by atoms with Crippen molar-refractivity contribution >= 4 is 17.6 Å². The van der Waals surface area contributed by atoms with Gasteiger partial charge in [-0.05, 0) is 5.92 Å². The molecule has 0 atom stereocenters. The summed E-state index contributed by atoms with van der Waals surface area (Å²) in [4.78, 5) is 6.91. The van der Waals surface area contributed by atoms with Crippen LogP contribution in [0.3, 0.4) is 0 Å². The van der Waals surface area contributed by atoms with Crippen LogP contribution < -0.4 is 10.9 Å². The van der Waals surface area contributed by atoms with Crippen molar-refractivity contribution in [2.45, 2.75) is 26.6 Å². The summed E-state index contributed by atoms with van der Waals surface area (Å²) in [6.07, 6.45) is 3.56. The lowest BCUT2D eigenvalue weighted by molar-refractivity contribution is 0.832. The molecule has 2 nitrogen and oxygen atoms in total. The zero-order chi connectivity index (χ0) is 15.8. The van der Waals surface area contributed by atoms with Crippen LogP contribution in [0.5, 0.6) is 0 Å². The molecule has 0 aliphatic rings. The van der Waals surface area contributed by atoms with Crippen LogP contribution in [0.1, 0.15) is 25.5 Å². The summed E-state index contributed by atoms with van der Waals surface area (Å²) in [7, 11) is 0. The van der Waals surface area contributed by atoms with E-state index in [1.807, 2.05) is 6.20 Å². The van der Waals surface area contributed by atoms with Crippen molar-refractivity contribution in [2.75, 3.05) is 0 Å². The molecule has 0 amide bonds. The molecule has 1 heterocycles. The van der Waals surface area contributed by atoms with Crippen molar-refractivity contribution in [3.63, 3.8) is 0 Å². The van der Waals surface area contributed by atoms with E-state index >= 15 is 0 Å². The van der Waals surface area contributed by atoms with Gasteiger partial charge in [0, 0.05) is 11.9 Å². The summed E-state index contributed by atoms with van der Waals surface area (Å²) >= 11 is 0. The predicted molar refractivity (Wildman–Crippen MR) is 96.4 cm³/mol. The first-order valence-corrected chi connectivity index (χ1v) is 7.76. The van der Waals surface area contributed by atoms with Crippen LogP contribution in [0, 0.1) is 0 Å². The van der Waals surface area contributed by atoms with Gasteiger partial charge >= 0.3 is 0 Å². The Morgan fingerprint density at radius 1 is 0.864 bits per heavy atom. The molecule has 0 fully saturated rings. The van der Waals surface area contributed by atoms with E-state index < -0.39 is 0 Å². The van der Waals surface area contributed by atoms with Gasteiger partial charge in [-0.15, -0.1) is 0 Å². The number of H-pyrrole nitrogens is 1. The van der Waals surface area contributed by atoms with E-state index in [9.17, 15) is 0 Å². The van der Waals surface area contributed by atoms with E-state index in [4.69, 9.17) is 0 Å². The Labute approximate surface area is 133 Å². The summed E-state index contributed by atoms with van der Waals surface area (Å²) in [5.74, 6) is 0.567. The zero-order valence-electron chi connectivity index (χ0n) is 13.5. The summed E-state index contributed by atoms with van der Waals surface area (Å²) in [5, 5.41) is 0. The van der Waals surface area contributed by atoms with Gasteiger partial charge in [-0.3, -0.25) is 0 Å². The summed E-state index contributed by atoms with van der Waals surface area (Å²) < 4.78 is 0. The van der Waals surface area contributed by atoms with Crippen LogP contribution in [-0.4, -0.2) is 16.7 Å². The Kier molecular flexibility index (Phi) is 6.02. The average Bonchev–Trinajstić information content (AvgIpc) is 3.11. The molecule has 0 aliphatic heterocycles. The maximum Gasteiger partial charge on any atom is 0.206 e. The van der Waals surface area contributed by atoms with E-state index in [-0.39, 0.29) is 0 Å². The molecule has 2 aromatic carbocycles. The highest BCUT2D eigenvalue weighted by molar-refractivity contribution is 6.84.